The zero-order valence-corrected chi connectivity index (χ0v) is 9.86. The summed E-state index contributed by atoms with van der Waals surface area (Å²) in [5, 5.41) is 13.5. The SMILES string of the molecule is COc1cc(SOOO)cc2cc(N)ccc12. The van der Waals surface area contributed by atoms with Crippen LogP contribution in [0.4, 0.5) is 5.69 Å². The van der Waals surface area contributed by atoms with Crippen LogP contribution in [0.3, 0.4) is 0 Å². The Bertz CT molecular complexity index is 532. The molecular weight excluding hydrogens is 242 g/mol. The highest BCUT2D eigenvalue weighted by Gasteiger charge is 2.06. The van der Waals surface area contributed by atoms with Gasteiger partial charge in [0.15, 0.2) is 0 Å². The van der Waals surface area contributed by atoms with E-state index < -0.39 is 0 Å². The molecule has 6 heteroatoms. The number of benzene rings is 2. The molecule has 0 heterocycles. The van der Waals surface area contributed by atoms with Gasteiger partial charge in [0.1, 0.15) is 5.75 Å². The Labute approximate surface area is 102 Å². The average Bonchev–Trinajstić information content (AvgIpc) is 2.34. The quantitative estimate of drug-likeness (QED) is 0.378. The van der Waals surface area contributed by atoms with Crippen molar-refractivity contribution < 1.29 is 19.4 Å². The van der Waals surface area contributed by atoms with E-state index in [1.54, 1.807) is 13.2 Å². The van der Waals surface area contributed by atoms with Gasteiger partial charge in [-0.25, -0.2) is 5.26 Å². The first-order chi connectivity index (χ1) is 8.24. The molecule has 0 aliphatic heterocycles. The maximum absolute atomic E-state index is 8.12. The van der Waals surface area contributed by atoms with Crippen LogP contribution in [0.15, 0.2) is 35.2 Å². The van der Waals surface area contributed by atoms with Gasteiger partial charge in [0.05, 0.1) is 19.2 Å². The Kier molecular flexibility index (Phi) is 3.70. The van der Waals surface area contributed by atoms with Crippen molar-refractivity contribution in [1.29, 1.82) is 0 Å². The van der Waals surface area contributed by atoms with Crippen LogP contribution in [0, 0.1) is 0 Å². The first-order valence-electron chi connectivity index (χ1n) is 4.76. The minimum absolute atomic E-state index is 0.668. The molecule has 0 aromatic heterocycles. The summed E-state index contributed by atoms with van der Waals surface area (Å²) in [6, 6.07) is 9.17. The van der Waals surface area contributed by atoms with Gasteiger partial charge >= 0.3 is 0 Å². The molecule has 0 aliphatic rings. The third kappa shape index (κ3) is 2.62. The second-order valence-corrected chi connectivity index (χ2v) is 4.11. The lowest BCUT2D eigenvalue weighted by Crippen LogP contribution is -1.89. The summed E-state index contributed by atoms with van der Waals surface area (Å²) < 4.78 is 9.66. The second kappa shape index (κ2) is 5.24. The summed E-state index contributed by atoms with van der Waals surface area (Å²) in [6.07, 6.45) is 0. The fourth-order valence-corrected chi connectivity index (χ4v) is 2.04. The third-order valence-electron chi connectivity index (χ3n) is 2.29. The minimum Gasteiger partial charge on any atom is -0.496 e. The first-order valence-corrected chi connectivity index (χ1v) is 5.51. The van der Waals surface area contributed by atoms with Gasteiger partial charge in [0.25, 0.3) is 0 Å². The standard InChI is InChI=1S/C11H11NO4S/c1-14-11-6-9(17-16-15-13)5-7-4-8(12)2-3-10(7)11/h2-6,13H,12H2,1H3. The van der Waals surface area contributed by atoms with E-state index in [1.165, 1.54) is 0 Å². The van der Waals surface area contributed by atoms with Gasteiger partial charge in [0.2, 0.25) is 0 Å². The van der Waals surface area contributed by atoms with Crippen molar-refractivity contribution in [1.82, 2.24) is 0 Å². The number of nitrogens with two attached hydrogens (primary N) is 1. The molecule has 0 atom stereocenters. The summed E-state index contributed by atoms with van der Waals surface area (Å²) in [5.74, 6) is 0.700. The summed E-state index contributed by atoms with van der Waals surface area (Å²) in [6.45, 7) is 0. The van der Waals surface area contributed by atoms with E-state index in [2.05, 4.69) is 9.37 Å². The number of rotatable bonds is 4. The number of nitrogen functional groups attached to an aromatic ring is 1. The molecule has 0 saturated heterocycles. The van der Waals surface area contributed by atoms with Gasteiger partial charge in [-0.05, 0) is 35.7 Å². The van der Waals surface area contributed by atoms with Crippen LogP contribution in [-0.4, -0.2) is 12.4 Å². The van der Waals surface area contributed by atoms with Crippen molar-refractivity contribution in [2.45, 2.75) is 4.90 Å². The molecule has 0 amide bonds. The largest absolute Gasteiger partial charge is 0.496 e. The van der Waals surface area contributed by atoms with Crippen LogP contribution >= 0.6 is 12.0 Å². The zero-order chi connectivity index (χ0) is 12.3. The zero-order valence-electron chi connectivity index (χ0n) is 9.04. The number of anilines is 1. The third-order valence-corrected chi connectivity index (χ3v) is 2.85. The Morgan fingerprint density at radius 3 is 2.76 bits per heavy atom. The topological polar surface area (TPSA) is 73.9 Å². The summed E-state index contributed by atoms with van der Waals surface area (Å²) in [4.78, 5) is 0.731. The molecule has 0 unspecified atom stereocenters. The minimum atomic E-state index is 0.668. The van der Waals surface area contributed by atoms with E-state index >= 15 is 0 Å². The van der Waals surface area contributed by atoms with E-state index in [0.29, 0.717) is 11.4 Å². The normalized spacial score (nSPS) is 10.7. The first kappa shape index (κ1) is 12.0. The fraction of sp³-hybridized carbons (Fsp3) is 0.0909. The lowest BCUT2D eigenvalue weighted by molar-refractivity contribution is -0.432. The van der Waals surface area contributed by atoms with E-state index in [9.17, 15) is 0 Å². The molecular formula is C11H11NO4S. The molecule has 2 aromatic carbocycles. The second-order valence-electron chi connectivity index (χ2n) is 3.33. The Hall–Kier alpha value is -1.47. The molecule has 5 nitrogen and oxygen atoms in total. The van der Waals surface area contributed by atoms with Crippen molar-refractivity contribution in [2.24, 2.45) is 0 Å². The smallest absolute Gasteiger partial charge is 0.127 e. The summed E-state index contributed by atoms with van der Waals surface area (Å²) in [7, 11) is 1.59. The highest BCUT2D eigenvalue weighted by molar-refractivity contribution is 7.94. The maximum atomic E-state index is 8.12. The van der Waals surface area contributed by atoms with Gasteiger partial charge < -0.3 is 10.5 Å². The molecule has 0 saturated carbocycles. The highest BCUT2D eigenvalue weighted by atomic mass is 32.2. The van der Waals surface area contributed by atoms with E-state index in [-0.39, 0.29) is 0 Å². The molecule has 90 valence electrons. The van der Waals surface area contributed by atoms with Crippen LogP contribution in [0.5, 0.6) is 5.75 Å². The van der Waals surface area contributed by atoms with E-state index in [4.69, 9.17) is 15.7 Å². The predicted octanol–water partition coefficient (Wildman–Crippen LogP) is 2.86. The Balaban J connectivity index is 2.50. The molecule has 0 aliphatic carbocycles. The Morgan fingerprint density at radius 1 is 1.24 bits per heavy atom. The van der Waals surface area contributed by atoms with Crippen LogP contribution in [-0.2, 0) is 9.37 Å². The molecule has 2 aromatic rings. The summed E-state index contributed by atoms with van der Waals surface area (Å²) in [5.41, 5.74) is 6.39. The molecule has 3 N–H and O–H groups in total. The summed E-state index contributed by atoms with van der Waals surface area (Å²) >= 11 is 0.878. The van der Waals surface area contributed by atoms with Crippen LogP contribution in [0.1, 0.15) is 0 Å². The average molecular weight is 253 g/mol. The molecule has 0 spiro atoms. The number of methoxy groups -OCH3 is 1. The molecule has 2 rings (SSSR count). The van der Waals surface area contributed by atoms with Gasteiger partial charge in [-0.2, -0.15) is 0 Å². The van der Waals surface area contributed by atoms with Gasteiger partial charge in [-0.1, -0.05) is 5.04 Å². The molecule has 17 heavy (non-hydrogen) atoms. The number of hydrogen-bond acceptors (Lipinski definition) is 6. The van der Waals surface area contributed by atoms with Crippen LogP contribution in [0.2, 0.25) is 0 Å². The Morgan fingerprint density at radius 2 is 2.06 bits per heavy atom. The van der Waals surface area contributed by atoms with Crippen molar-refractivity contribution in [3.05, 3.63) is 30.3 Å². The monoisotopic (exact) mass is 253 g/mol. The van der Waals surface area contributed by atoms with Gasteiger partial charge in [-0.15, -0.1) is 4.33 Å². The van der Waals surface area contributed by atoms with Crippen molar-refractivity contribution in [2.75, 3.05) is 12.8 Å². The van der Waals surface area contributed by atoms with Crippen molar-refractivity contribution >= 4 is 28.5 Å². The van der Waals surface area contributed by atoms with Gasteiger partial charge in [0, 0.05) is 16.0 Å². The lowest BCUT2D eigenvalue weighted by Gasteiger charge is -2.08. The number of ether oxygens (including phenoxy) is 1. The number of hydrogen-bond donors (Lipinski definition) is 2. The van der Waals surface area contributed by atoms with Crippen LogP contribution < -0.4 is 10.5 Å². The van der Waals surface area contributed by atoms with Crippen LogP contribution in [0.25, 0.3) is 10.8 Å². The van der Waals surface area contributed by atoms with Crippen molar-refractivity contribution in [3.8, 4) is 5.75 Å². The highest BCUT2D eigenvalue weighted by Crippen LogP contribution is 2.33. The fourth-order valence-electron chi connectivity index (χ4n) is 1.60. The maximum Gasteiger partial charge on any atom is 0.127 e. The predicted molar refractivity (Wildman–Crippen MR) is 65.6 cm³/mol. The number of fused-ring (bicyclic) bond motifs is 1. The van der Waals surface area contributed by atoms with E-state index in [1.807, 2.05) is 24.3 Å². The van der Waals surface area contributed by atoms with E-state index in [0.717, 1.165) is 27.7 Å². The lowest BCUT2D eigenvalue weighted by atomic mass is 10.1. The van der Waals surface area contributed by atoms with Crippen molar-refractivity contribution in [3.63, 3.8) is 0 Å². The molecule has 0 bridgehead atoms. The molecule has 0 radical (unpaired) electrons. The van der Waals surface area contributed by atoms with Gasteiger partial charge in [-0.3, -0.25) is 0 Å². The molecule has 0 fully saturated rings.